The van der Waals surface area contributed by atoms with Gasteiger partial charge in [0.1, 0.15) is 5.60 Å². The summed E-state index contributed by atoms with van der Waals surface area (Å²) in [5.41, 5.74) is -0.130. The lowest BCUT2D eigenvalue weighted by Crippen LogP contribution is -2.40. The van der Waals surface area contributed by atoms with Gasteiger partial charge in [0.2, 0.25) is 0 Å². The predicted molar refractivity (Wildman–Crippen MR) is 82.1 cm³/mol. The van der Waals surface area contributed by atoms with E-state index in [2.05, 4.69) is 10.6 Å². The lowest BCUT2D eigenvalue weighted by Gasteiger charge is -2.30. The fourth-order valence-corrected chi connectivity index (χ4v) is 3.29. The molecule has 2 atom stereocenters. The molecule has 5 nitrogen and oxygen atoms in total. The van der Waals surface area contributed by atoms with Crippen LogP contribution in [0.4, 0.5) is 4.79 Å². The summed E-state index contributed by atoms with van der Waals surface area (Å²) in [6, 6.07) is 0.790. The molecule has 2 aliphatic rings. The van der Waals surface area contributed by atoms with Crippen molar-refractivity contribution in [2.75, 3.05) is 6.54 Å². The molecule has 2 unspecified atom stereocenters. The van der Waals surface area contributed by atoms with Gasteiger partial charge in [-0.05, 0) is 65.2 Å². The van der Waals surface area contributed by atoms with E-state index in [9.17, 15) is 9.90 Å². The van der Waals surface area contributed by atoms with Crippen molar-refractivity contribution >= 4 is 6.09 Å². The highest BCUT2D eigenvalue weighted by atomic mass is 16.6. The van der Waals surface area contributed by atoms with Crippen molar-refractivity contribution < 1.29 is 14.6 Å². The van der Waals surface area contributed by atoms with Gasteiger partial charge in [0.25, 0.3) is 0 Å². The molecule has 0 aromatic rings. The average molecular weight is 298 g/mol. The van der Waals surface area contributed by atoms with Crippen LogP contribution >= 0.6 is 0 Å². The number of ether oxygens (including phenoxy) is 1. The zero-order valence-corrected chi connectivity index (χ0v) is 13.7. The van der Waals surface area contributed by atoms with Gasteiger partial charge in [0.05, 0.1) is 6.10 Å². The van der Waals surface area contributed by atoms with Crippen molar-refractivity contribution in [3.05, 3.63) is 0 Å². The molecule has 5 heteroatoms. The first-order valence-corrected chi connectivity index (χ1v) is 8.11. The Balaban J connectivity index is 1.70. The lowest BCUT2D eigenvalue weighted by molar-refractivity contribution is 0.0511. The molecule has 1 amide bonds. The summed E-state index contributed by atoms with van der Waals surface area (Å²) in [5, 5.41) is 15.7. The summed E-state index contributed by atoms with van der Waals surface area (Å²) in [5.74, 6) is 0. The standard InChI is InChI=1S/C16H30N2O3/c1-11(19)10-17-12-5-7-16(8-6-12)9-13(16)18-14(20)21-15(2,3)4/h11-13,17,19H,5-10H2,1-4H3,(H,18,20). The minimum Gasteiger partial charge on any atom is -0.444 e. The van der Waals surface area contributed by atoms with Crippen molar-refractivity contribution in [2.45, 2.75) is 83.6 Å². The molecule has 1 spiro atoms. The number of aliphatic hydroxyl groups is 1. The third-order valence-corrected chi connectivity index (χ3v) is 4.56. The maximum atomic E-state index is 11.8. The topological polar surface area (TPSA) is 70.6 Å². The molecule has 21 heavy (non-hydrogen) atoms. The molecule has 122 valence electrons. The van der Waals surface area contributed by atoms with Gasteiger partial charge in [-0.3, -0.25) is 0 Å². The van der Waals surface area contributed by atoms with Gasteiger partial charge in [0, 0.05) is 18.6 Å². The fraction of sp³-hybridized carbons (Fsp3) is 0.938. The van der Waals surface area contributed by atoms with Crippen molar-refractivity contribution in [2.24, 2.45) is 5.41 Å². The molecule has 0 aromatic carbocycles. The molecule has 2 rings (SSSR count). The molecule has 2 aliphatic carbocycles. The van der Waals surface area contributed by atoms with E-state index in [1.165, 1.54) is 0 Å². The molecule has 2 fully saturated rings. The number of rotatable bonds is 4. The van der Waals surface area contributed by atoms with E-state index in [-0.39, 0.29) is 18.2 Å². The Kier molecular flexibility index (Phi) is 4.83. The van der Waals surface area contributed by atoms with E-state index >= 15 is 0 Å². The molecule has 2 saturated carbocycles. The molecule has 0 aliphatic heterocycles. The summed E-state index contributed by atoms with van der Waals surface area (Å²) >= 11 is 0. The van der Waals surface area contributed by atoms with E-state index in [4.69, 9.17) is 4.74 Å². The van der Waals surface area contributed by atoms with Crippen LogP contribution in [-0.2, 0) is 4.74 Å². The summed E-state index contributed by atoms with van der Waals surface area (Å²) < 4.78 is 5.32. The predicted octanol–water partition coefficient (Wildman–Crippen LogP) is 2.18. The van der Waals surface area contributed by atoms with Crippen molar-refractivity contribution in [1.82, 2.24) is 10.6 Å². The zero-order chi connectivity index (χ0) is 15.7. The van der Waals surface area contributed by atoms with Crippen LogP contribution in [0.15, 0.2) is 0 Å². The number of carbonyl (C=O) groups excluding carboxylic acids is 1. The Bertz CT molecular complexity index is 368. The summed E-state index contributed by atoms with van der Waals surface area (Å²) in [7, 11) is 0. The number of amides is 1. The second kappa shape index (κ2) is 6.13. The van der Waals surface area contributed by atoms with Gasteiger partial charge in [0.15, 0.2) is 0 Å². The van der Waals surface area contributed by atoms with Gasteiger partial charge in [-0.1, -0.05) is 0 Å². The van der Waals surface area contributed by atoms with E-state index in [0.29, 0.717) is 18.0 Å². The third kappa shape index (κ3) is 4.85. The maximum absolute atomic E-state index is 11.8. The number of carbonyl (C=O) groups is 1. The van der Waals surface area contributed by atoms with Gasteiger partial charge in [-0.2, -0.15) is 0 Å². The quantitative estimate of drug-likeness (QED) is 0.744. The van der Waals surface area contributed by atoms with Crippen molar-refractivity contribution in [3.8, 4) is 0 Å². The van der Waals surface area contributed by atoms with Crippen LogP contribution < -0.4 is 10.6 Å². The Morgan fingerprint density at radius 2 is 2.00 bits per heavy atom. The van der Waals surface area contributed by atoms with Crippen LogP contribution in [0.5, 0.6) is 0 Å². The first-order chi connectivity index (χ1) is 9.70. The van der Waals surface area contributed by atoms with Gasteiger partial charge in [-0.15, -0.1) is 0 Å². The second-order valence-electron chi connectivity index (χ2n) is 7.80. The normalized spacial score (nSPS) is 33.6. The first kappa shape index (κ1) is 16.6. The van der Waals surface area contributed by atoms with E-state index < -0.39 is 5.60 Å². The number of hydrogen-bond donors (Lipinski definition) is 3. The molecule has 0 radical (unpaired) electrons. The average Bonchev–Trinajstić information content (AvgIpc) is 2.98. The number of nitrogens with one attached hydrogen (secondary N) is 2. The minimum atomic E-state index is -0.436. The molecular weight excluding hydrogens is 268 g/mol. The second-order valence-corrected chi connectivity index (χ2v) is 7.80. The SMILES string of the molecule is CC(O)CNC1CCC2(CC1)CC2NC(=O)OC(C)(C)C. The van der Waals surface area contributed by atoms with Gasteiger partial charge >= 0.3 is 6.09 Å². The number of hydrogen-bond acceptors (Lipinski definition) is 4. The monoisotopic (exact) mass is 298 g/mol. The van der Waals surface area contributed by atoms with Crippen LogP contribution in [-0.4, -0.2) is 41.5 Å². The Morgan fingerprint density at radius 1 is 1.38 bits per heavy atom. The van der Waals surface area contributed by atoms with Gasteiger partial charge in [-0.25, -0.2) is 4.79 Å². The molecular formula is C16H30N2O3. The summed E-state index contributed by atoms with van der Waals surface area (Å²) in [6.45, 7) is 8.12. The van der Waals surface area contributed by atoms with Gasteiger partial charge < -0.3 is 20.5 Å². The van der Waals surface area contributed by atoms with Crippen LogP contribution in [0, 0.1) is 5.41 Å². The Labute approximate surface area is 127 Å². The maximum Gasteiger partial charge on any atom is 0.407 e. The Hall–Kier alpha value is -0.810. The van der Waals surface area contributed by atoms with Crippen LogP contribution in [0.2, 0.25) is 0 Å². The molecule has 3 N–H and O–H groups in total. The van der Waals surface area contributed by atoms with Crippen molar-refractivity contribution in [3.63, 3.8) is 0 Å². The molecule has 0 saturated heterocycles. The van der Waals surface area contributed by atoms with Crippen LogP contribution in [0.25, 0.3) is 0 Å². The minimum absolute atomic E-state index is 0.282. The first-order valence-electron chi connectivity index (χ1n) is 8.11. The molecule has 0 bridgehead atoms. The fourth-order valence-electron chi connectivity index (χ4n) is 3.29. The summed E-state index contributed by atoms with van der Waals surface area (Å²) in [6.07, 6.45) is 5.03. The largest absolute Gasteiger partial charge is 0.444 e. The molecule has 0 heterocycles. The van der Waals surface area contributed by atoms with E-state index in [1.54, 1.807) is 6.92 Å². The van der Waals surface area contributed by atoms with E-state index in [1.807, 2.05) is 20.8 Å². The highest BCUT2D eigenvalue weighted by molar-refractivity contribution is 5.68. The third-order valence-electron chi connectivity index (χ3n) is 4.56. The van der Waals surface area contributed by atoms with Crippen LogP contribution in [0.1, 0.15) is 59.8 Å². The summed E-state index contributed by atoms with van der Waals surface area (Å²) in [4.78, 5) is 11.8. The molecule has 0 aromatic heterocycles. The lowest BCUT2D eigenvalue weighted by atomic mass is 9.82. The zero-order valence-electron chi connectivity index (χ0n) is 13.7. The van der Waals surface area contributed by atoms with E-state index in [0.717, 1.165) is 32.1 Å². The highest BCUT2D eigenvalue weighted by Gasteiger charge is 2.55. The number of aliphatic hydroxyl groups excluding tert-OH is 1. The highest BCUT2D eigenvalue weighted by Crippen LogP contribution is 2.56. The Morgan fingerprint density at radius 3 is 2.52 bits per heavy atom. The number of alkyl carbamates (subject to hydrolysis) is 1. The van der Waals surface area contributed by atoms with Crippen molar-refractivity contribution in [1.29, 1.82) is 0 Å². The van der Waals surface area contributed by atoms with Crippen LogP contribution in [0.3, 0.4) is 0 Å². The smallest absolute Gasteiger partial charge is 0.407 e.